The molecular weight excluding hydrogens is 450 g/mol. The maximum absolute atomic E-state index is 13.3. The van der Waals surface area contributed by atoms with Crippen molar-refractivity contribution in [2.24, 2.45) is 5.41 Å². The molecular formula is C26H39N3O6. The lowest BCUT2D eigenvalue weighted by molar-refractivity contribution is -0.139. The molecule has 0 aliphatic carbocycles. The smallest absolute Gasteiger partial charge is 0.257 e. The number of benzene rings is 1. The number of likely N-dealkylation sites (tertiary alicyclic amines) is 2. The Hall–Kier alpha value is -2.81. The van der Waals surface area contributed by atoms with Crippen LogP contribution < -0.4 is 14.8 Å². The zero-order chi connectivity index (χ0) is 25.8. The Labute approximate surface area is 208 Å². The Morgan fingerprint density at radius 3 is 2.20 bits per heavy atom. The van der Waals surface area contributed by atoms with E-state index in [0.29, 0.717) is 43.2 Å². The molecule has 2 aliphatic heterocycles. The first-order valence-corrected chi connectivity index (χ1v) is 12.2. The third-order valence-corrected chi connectivity index (χ3v) is 6.86. The zero-order valence-electron chi connectivity index (χ0n) is 21.8. The van der Waals surface area contributed by atoms with Crippen molar-refractivity contribution in [2.45, 2.75) is 58.6 Å². The molecule has 0 radical (unpaired) electrons. The minimum Gasteiger partial charge on any atom is -0.497 e. The van der Waals surface area contributed by atoms with Gasteiger partial charge in [-0.05, 0) is 63.6 Å². The fourth-order valence-electron chi connectivity index (χ4n) is 4.84. The summed E-state index contributed by atoms with van der Waals surface area (Å²) in [5, 5.41) is 2.75. The Balaban J connectivity index is 1.62. The van der Waals surface area contributed by atoms with Gasteiger partial charge in [-0.1, -0.05) is 0 Å². The average Bonchev–Trinajstić information content (AvgIpc) is 3.23. The number of amides is 3. The van der Waals surface area contributed by atoms with Crippen LogP contribution in [0.1, 0.15) is 57.3 Å². The summed E-state index contributed by atoms with van der Waals surface area (Å²) < 4.78 is 16.5. The highest BCUT2D eigenvalue weighted by Gasteiger charge is 2.44. The van der Waals surface area contributed by atoms with Crippen molar-refractivity contribution in [2.75, 3.05) is 47.0 Å². The van der Waals surface area contributed by atoms with E-state index in [9.17, 15) is 14.4 Å². The summed E-state index contributed by atoms with van der Waals surface area (Å²) in [6.07, 6.45) is 2.52. The summed E-state index contributed by atoms with van der Waals surface area (Å²) in [4.78, 5) is 41.9. The summed E-state index contributed by atoms with van der Waals surface area (Å²) >= 11 is 0. The zero-order valence-corrected chi connectivity index (χ0v) is 21.8. The van der Waals surface area contributed by atoms with E-state index in [1.54, 1.807) is 32.4 Å². The second-order valence-corrected chi connectivity index (χ2v) is 10.5. The van der Waals surface area contributed by atoms with Crippen molar-refractivity contribution in [1.82, 2.24) is 15.1 Å². The molecule has 194 valence electrons. The lowest BCUT2D eigenvalue weighted by Crippen LogP contribution is -2.51. The average molecular weight is 490 g/mol. The van der Waals surface area contributed by atoms with Crippen LogP contribution in [0.4, 0.5) is 0 Å². The highest BCUT2D eigenvalue weighted by molar-refractivity contribution is 5.97. The van der Waals surface area contributed by atoms with E-state index in [1.165, 1.54) is 6.92 Å². The maximum Gasteiger partial charge on any atom is 0.257 e. The molecule has 0 saturated carbocycles. The Morgan fingerprint density at radius 2 is 1.66 bits per heavy atom. The van der Waals surface area contributed by atoms with Gasteiger partial charge in [0, 0.05) is 33.1 Å². The molecule has 0 aromatic heterocycles. The summed E-state index contributed by atoms with van der Waals surface area (Å²) in [6, 6.07) is 4.52. The number of hydrogen-bond donors (Lipinski definition) is 1. The van der Waals surface area contributed by atoms with E-state index in [1.807, 2.05) is 30.6 Å². The van der Waals surface area contributed by atoms with Crippen LogP contribution in [0.25, 0.3) is 0 Å². The predicted octanol–water partition coefficient (Wildman–Crippen LogP) is 2.48. The van der Waals surface area contributed by atoms with Gasteiger partial charge in [0.15, 0.2) is 0 Å². The first-order chi connectivity index (χ1) is 16.5. The molecule has 0 bridgehead atoms. The number of nitrogens with zero attached hydrogens (tertiary/aromatic N) is 2. The van der Waals surface area contributed by atoms with Crippen LogP contribution in [0.2, 0.25) is 0 Å². The van der Waals surface area contributed by atoms with Crippen molar-refractivity contribution in [3.05, 3.63) is 23.8 Å². The lowest BCUT2D eigenvalue weighted by Gasteiger charge is -2.39. The van der Waals surface area contributed by atoms with Gasteiger partial charge >= 0.3 is 0 Å². The Bertz CT molecular complexity index is 934. The van der Waals surface area contributed by atoms with E-state index in [2.05, 4.69) is 5.32 Å². The van der Waals surface area contributed by atoms with Gasteiger partial charge in [0.25, 0.3) is 5.91 Å². The molecule has 35 heavy (non-hydrogen) atoms. The molecule has 1 aromatic rings. The molecule has 9 heteroatoms. The van der Waals surface area contributed by atoms with Crippen molar-refractivity contribution in [1.29, 1.82) is 0 Å². The number of ether oxygens (including phenoxy) is 3. The van der Waals surface area contributed by atoms with Gasteiger partial charge in [-0.2, -0.15) is 0 Å². The summed E-state index contributed by atoms with van der Waals surface area (Å²) in [7, 11) is 3.12. The number of methoxy groups -OCH3 is 2. The predicted molar refractivity (Wildman–Crippen MR) is 132 cm³/mol. The second-order valence-electron chi connectivity index (χ2n) is 10.5. The van der Waals surface area contributed by atoms with Crippen molar-refractivity contribution in [3.63, 3.8) is 0 Å². The number of nitrogens with one attached hydrogen (secondary N) is 1. The molecule has 1 spiro atoms. The van der Waals surface area contributed by atoms with Crippen molar-refractivity contribution in [3.8, 4) is 11.5 Å². The van der Waals surface area contributed by atoms with Gasteiger partial charge < -0.3 is 29.3 Å². The molecule has 0 unspecified atom stereocenters. The summed E-state index contributed by atoms with van der Waals surface area (Å²) in [5.41, 5.74) is 0.0629. The van der Waals surface area contributed by atoms with Crippen molar-refractivity contribution >= 4 is 17.7 Å². The van der Waals surface area contributed by atoms with E-state index in [4.69, 9.17) is 14.2 Å². The van der Waals surface area contributed by atoms with Crippen LogP contribution in [0.15, 0.2) is 18.2 Å². The molecule has 1 aromatic carbocycles. The molecule has 2 heterocycles. The van der Waals surface area contributed by atoms with Crippen LogP contribution >= 0.6 is 0 Å². The largest absolute Gasteiger partial charge is 0.497 e. The van der Waals surface area contributed by atoms with Gasteiger partial charge in [0.1, 0.15) is 17.5 Å². The highest BCUT2D eigenvalue weighted by Crippen LogP contribution is 2.41. The van der Waals surface area contributed by atoms with Crippen LogP contribution in [0.3, 0.4) is 0 Å². The highest BCUT2D eigenvalue weighted by atomic mass is 16.5. The number of piperidine rings is 1. The normalized spacial score (nSPS) is 18.3. The minimum absolute atomic E-state index is 0.0173. The van der Waals surface area contributed by atoms with Crippen LogP contribution in [0.5, 0.6) is 11.5 Å². The molecule has 3 amide bonds. The van der Waals surface area contributed by atoms with Gasteiger partial charge in [-0.15, -0.1) is 0 Å². The van der Waals surface area contributed by atoms with Gasteiger partial charge in [0.2, 0.25) is 11.8 Å². The lowest BCUT2D eigenvalue weighted by atomic mass is 9.77. The monoisotopic (exact) mass is 489 g/mol. The molecule has 2 saturated heterocycles. The third kappa shape index (κ3) is 6.66. The third-order valence-electron chi connectivity index (χ3n) is 6.86. The van der Waals surface area contributed by atoms with Crippen LogP contribution in [-0.2, 0) is 14.3 Å². The maximum atomic E-state index is 13.3. The number of carbonyl (C=O) groups is 3. The fourth-order valence-corrected chi connectivity index (χ4v) is 4.84. The Morgan fingerprint density at radius 1 is 1.03 bits per heavy atom. The van der Waals surface area contributed by atoms with E-state index >= 15 is 0 Å². The second kappa shape index (κ2) is 10.8. The topological polar surface area (TPSA) is 97.4 Å². The van der Waals surface area contributed by atoms with Crippen LogP contribution in [-0.4, -0.2) is 86.2 Å². The minimum atomic E-state index is -0.705. The number of hydrogen-bond acceptors (Lipinski definition) is 6. The first kappa shape index (κ1) is 26.8. The van der Waals surface area contributed by atoms with E-state index in [0.717, 1.165) is 19.3 Å². The summed E-state index contributed by atoms with van der Waals surface area (Å²) in [6.45, 7) is 9.80. The summed E-state index contributed by atoms with van der Waals surface area (Å²) in [5.74, 6) is 0.689. The molecule has 1 atom stereocenters. The molecule has 2 fully saturated rings. The van der Waals surface area contributed by atoms with Gasteiger partial charge in [-0.25, -0.2) is 0 Å². The SMILES string of the molecule is COc1ccc(OC)c(C(=O)N2CCC3(CC2)CCN(C(=O)[C@H](COC(C)(C)C)NC(C)=O)C3)c1. The Kier molecular flexibility index (Phi) is 8.30. The molecule has 3 rings (SSSR count). The standard InChI is InChI=1S/C26H39N3O6/c1-18(30)27-21(16-35-25(2,3)4)24(32)29-14-11-26(17-29)9-12-28(13-10-26)23(31)20-15-19(33-5)7-8-22(20)34-6/h7-8,15,21H,9-14,16-17H2,1-6H3,(H,27,30)/t21-/m0/s1. The number of rotatable bonds is 7. The quantitative estimate of drug-likeness (QED) is 0.632. The molecule has 2 aliphatic rings. The van der Waals surface area contributed by atoms with Crippen molar-refractivity contribution < 1.29 is 28.6 Å². The molecule has 1 N–H and O–H groups in total. The van der Waals surface area contributed by atoms with E-state index < -0.39 is 11.6 Å². The molecule has 9 nitrogen and oxygen atoms in total. The van der Waals surface area contributed by atoms with Crippen LogP contribution in [0, 0.1) is 5.41 Å². The van der Waals surface area contributed by atoms with Gasteiger partial charge in [-0.3, -0.25) is 14.4 Å². The van der Waals surface area contributed by atoms with E-state index in [-0.39, 0.29) is 29.7 Å². The first-order valence-electron chi connectivity index (χ1n) is 12.2. The fraction of sp³-hybridized carbons (Fsp3) is 0.654. The number of carbonyl (C=O) groups excluding carboxylic acids is 3. The van der Waals surface area contributed by atoms with Gasteiger partial charge in [0.05, 0.1) is 32.0 Å².